The van der Waals surface area contributed by atoms with Gasteiger partial charge in [0.1, 0.15) is 12.4 Å². The first-order valence-corrected chi connectivity index (χ1v) is 8.73. The maximum absolute atomic E-state index is 12.6. The maximum atomic E-state index is 12.6. The van der Waals surface area contributed by atoms with Crippen LogP contribution in [0, 0.1) is 0 Å². The summed E-state index contributed by atoms with van der Waals surface area (Å²) >= 11 is 0. The van der Waals surface area contributed by atoms with Crippen LogP contribution in [0.1, 0.15) is 42.1 Å². The Morgan fingerprint density at radius 3 is 2.92 bits per heavy atom. The Morgan fingerprint density at radius 2 is 2.24 bits per heavy atom. The highest BCUT2D eigenvalue weighted by atomic mass is 19.1. The van der Waals surface area contributed by atoms with Crippen molar-refractivity contribution in [1.82, 2.24) is 10.2 Å². The highest BCUT2D eigenvalue weighted by molar-refractivity contribution is 5.98. The molecular formula is C19H23FN2O3. The zero-order valence-corrected chi connectivity index (χ0v) is 14.4. The van der Waals surface area contributed by atoms with Crippen molar-refractivity contribution in [3.8, 4) is 5.75 Å². The van der Waals surface area contributed by atoms with E-state index in [2.05, 4.69) is 5.32 Å². The predicted molar refractivity (Wildman–Crippen MR) is 92.2 cm³/mol. The van der Waals surface area contributed by atoms with E-state index in [1.54, 1.807) is 17.0 Å². The minimum Gasteiger partial charge on any atom is -0.489 e. The molecule has 0 bridgehead atoms. The molecule has 2 aliphatic rings. The van der Waals surface area contributed by atoms with E-state index in [9.17, 15) is 14.0 Å². The molecule has 0 radical (unpaired) electrons. The molecule has 1 fully saturated rings. The van der Waals surface area contributed by atoms with Gasteiger partial charge in [-0.15, -0.1) is 0 Å². The molecule has 2 amide bonds. The van der Waals surface area contributed by atoms with Gasteiger partial charge in [-0.2, -0.15) is 0 Å². The van der Waals surface area contributed by atoms with Gasteiger partial charge in [0.15, 0.2) is 0 Å². The van der Waals surface area contributed by atoms with Crippen LogP contribution >= 0.6 is 0 Å². The molecule has 1 aromatic carbocycles. The Balaban J connectivity index is 1.62. The van der Waals surface area contributed by atoms with E-state index in [-0.39, 0.29) is 25.0 Å². The van der Waals surface area contributed by atoms with Crippen molar-refractivity contribution in [2.45, 2.75) is 38.6 Å². The van der Waals surface area contributed by atoms with E-state index >= 15 is 0 Å². The SMILES string of the molecule is CCC(=CF)COc1ccc2c(c1)CCN(CC(=O)NC1CC1)C2=O. The number of nitrogens with zero attached hydrogens (tertiary/aromatic N) is 1. The second-order valence-electron chi connectivity index (χ2n) is 6.55. The number of hydrogen-bond acceptors (Lipinski definition) is 3. The third-order valence-corrected chi connectivity index (χ3v) is 4.55. The number of benzene rings is 1. The van der Waals surface area contributed by atoms with Gasteiger partial charge in [0.25, 0.3) is 5.91 Å². The summed E-state index contributed by atoms with van der Waals surface area (Å²) in [5.74, 6) is 0.403. The van der Waals surface area contributed by atoms with Gasteiger partial charge in [-0.1, -0.05) is 6.92 Å². The molecule has 1 aliphatic heterocycles. The lowest BCUT2D eigenvalue weighted by molar-refractivity contribution is -0.122. The largest absolute Gasteiger partial charge is 0.489 e. The van der Waals surface area contributed by atoms with Crippen molar-refractivity contribution < 1.29 is 18.7 Å². The lowest BCUT2D eigenvalue weighted by Gasteiger charge is -2.28. The number of carbonyl (C=O) groups excluding carboxylic acids is 2. The molecule has 6 heteroatoms. The number of halogens is 1. The zero-order chi connectivity index (χ0) is 17.8. The van der Waals surface area contributed by atoms with Crippen LogP contribution in [-0.2, 0) is 11.2 Å². The van der Waals surface area contributed by atoms with Gasteiger partial charge in [0.05, 0.1) is 12.9 Å². The van der Waals surface area contributed by atoms with Crippen molar-refractivity contribution in [3.63, 3.8) is 0 Å². The van der Waals surface area contributed by atoms with Crippen LogP contribution in [0.4, 0.5) is 4.39 Å². The Morgan fingerprint density at radius 1 is 1.44 bits per heavy atom. The van der Waals surface area contributed by atoms with Crippen LogP contribution in [0.25, 0.3) is 0 Å². The Hall–Kier alpha value is -2.37. The van der Waals surface area contributed by atoms with E-state index < -0.39 is 0 Å². The van der Waals surface area contributed by atoms with E-state index in [0.29, 0.717) is 48.6 Å². The summed E-state index contributed by atoms with van der Waals surface area (Å²) in [6.07, 6.45) is 3.91. The first kappa shape index (κ1) is 17.5. The first-order chi connectivity index (χ1) is 12.1. The lowest BCUT2D eigenvalue weighted by atomic mass is 9.98. The number of amides is 2. The number of hydrogen-bond donors (Lipinski definition) is 1. The maximum Gasteiger partial charge on any atom is 0.254 e. The minimum atomic E-state index is -0.128. The average molecular weight is 346 g/mol. The van der Waals surface area contributed by atoms with Gasteiger partial charge in [0.2, 0.25) is 5.91 Å². The minimum absolute atomic E-state index is 0.0932. The van der Waals surface area contributed by atoms with E-state index in [1.165, 1.54) is 0 Å². The number of fused-ring (bicyclic) bond motifs is 1. The smallest absolute Gasteiger partial charge is 0.254 e. The molecule has 25 heavy (non-hydrogen) atoms. The molecule has 1 aliphatic carbocycles. The summed E-state index contributed by atoms with van der Waals surface area (Å²) in [4.78, 5) is 26.1. The quantitative estimate of drug-likeness (QED) is 0.826. The van der Waals surface area contributed by atoms with E-state index in [4.69, 9.17) is 4.74 Å². The predicted octanol–water partition coefficient (Wildman–Crippen LogP) is 2.61. The summed E-state index contributed by atoms with van der Waals surface area (Å²) in [5, 5.41) is 2.90. The summed E-state index contributed by atoms with van der Waals surface area (Å²) in [6.45, 7) is 2.69. The first-order valence-electron chi connectivity index (χ1n) is 8.73. The molecule has 134 valence electrons. The van der Waals surface area contributed by atoms with Gasteiger partial charge >= 0.3 is 0 Å². The van der Waals surface area contributed by atoms with E-state index in [0.717, 1.165) is 18.4 Å². The van der Waals surface area contributed by atoms with Crippen LogP contribution in [0.15, 0.2) is 30.1 Å². The Labute approximate surface area is 146 Å². The lowest BCUT2D eigenvalue weighted by Crippen LogP contribution is -2.44. The highest BCUT2D eigenvalue weighted by Gasteiger charge is 2.28. The highest BCUT2D eigenvalue weighted by Crippen LogP contribution is 2.24. The number of carbonyl (C=O) groups is 2. The van der Waals surface area contributed by atoms with Crippen molar-refractivity contribution in [2.75, 3.05) is 19.7 Å². The zero-order valence-electron chi connectivity index (χ0n) is 14.4. The van der Waals surface area contributed by atoms with Crippen molar-refractivity contribution in [2.24, 2.45) is 0 Å². The fourth-order valence-electron chi connectivity index (χ4n) is 2.81. The van der Waals surface area contributed by atoms with Crippen LogP contribution in [0.3, 0.4) is 0 Å². The van der Waals surface area contributed by atoms with Gasteiger partial charge in [-0.3, -0.25) is 9.59 Å². The normalized spacial score (nSPS) is 17.3. The summed E-state index contributed by atoms with van der Waals surface area (Å²) in [5.41, 5.74) is 2.10. The van der Waals surface area contributed by atoms with Gasteiger partial charge in [-0.25, -0.2) is 4.39 Å². The number of nitrogens with one attached hydrogen (secondary N) is 1. The topological polar surface area (TPSA) is 58.6 Å². The molecule has 0 unspecified atom stereocenters. The van der Waals surface area contributed by atoms with Crippen LogP contribution in [0.5, 0.6) is 5.75 Å². The Kier molecular flexibility index (Phi) is 5.36. The van der Waals surface area contributed by atoms with Gasteiger partial charge in [0, 0.05) is 18.2 Å². The molecule has 1 aromatic rings. The number of ether oxygens (including phenoxy) is 1. The van der Waals surface area contributed by atoms with Crippen molar-refractivity contribution >= 4 is 11.8 Å². The van der Waals surface area contributed by atoms with Crippen LogP contribution in [-0.4, -0.2) is 42.5 Å². The van der Waals surface area contributed by atoms with E-state index in [1.807, 2.05) is 13.0 Å². The fraction of sp³-hybridized carbons (Fsp3) is 0.474. The molecule has 1 N–H and O–H groups in total. The fourth-order valence-corrected chi connectivity index (χ4v) is 2.81. The summed E-state index contributed by atoms with van der Waals surface area (Å²) in [7, 11) is 0. The number of rotatable bonds is 7. The van der Waals surface area contributed by atoms with Gasteiger partial charge < -0.3 is 15.0 Å². The molecule has 3 rings (SSSR count). The van der Waals surface area contributed by atoms with Crippen molar-refractivity contribution in [3.05, 3.63) is 41.2 Å². The molecule has 0 spiro atoms. The molecule has 1 heterocycles. The monoisotopic (exact) mass is 346 g/mol. The molecule has 0 aromatic heterocycles. The Bertz CT molecular complexity index is 698. The average Bonchev–Trinajstić information content (AvgIpc) is 3.42. The third-order valence-electron chi connectivity index (χ3n) is 4.55. The standard InChI is InChI=1S/C19H23FN2O3/c1-2-13(10-20)12-25-16-5-6-17-14(9-16)7-8-22(19(17)24)11-18(23)21-15-3-4-15/h5-6,9-10,15H,2-4,7-8,11-12H2,1H3,(H,21,23). The van der Waals surface area contributed by atoms with Crippen LogP contribution in [0.2, 0.25) is 0 Å². The van der Waals surface area contributed by atoms with Gasteiger partial charge in [-0.05, 0) is 55.0 Å². The summed E-state index contributed by atoms with van der Waals surface area (Å²) < 4.78 is 18.2. The second-order valence-corrected chi connectivity index (χ2v) is 6.55. The molecular weight excluding hydrogens is 323 g/mol. The van der Waals surface area contributed by atoms with Crippen LogP contribution < -0.4 is 10.1 Å². The summed E-state index contributed by atoms with van der Waals surface area (Å²) in [6, 6.07) is 5.57. The molecule has 0 saturated heterocycles. The molecule has 1 saturated carbocycles. The third kappa shape index (κ3) is 4.38. The van der Waals surface area contributed by atoms with Crippen molar-refractivity contribution in [1.29, 1.82) is 0 Å². The second kappa shape index (κ2) is 7.68. The molecule has 0 atom stereocenters. The molecule has 5 nitrogen and oxygen atoms in total.